The van der Waals surface area contributed by atoms with E-state index in [-0.39, 0.29) is 11.9 Å². The number of nitrogens with one attached hydrogen (secondary N) is 1. The Morgan fingerprint density at radius 3 is 2.37 bits per heavy atom. The first kappa shape index (κ1) is 19.6. The second-order valence-electron chi connectivity index (χ2n) is 7.67. The fraction of sp³-hybridized carbons (Fsp3) is 0.458. The number of hydrogen-bond donors (Lipinski definition) is 2. The summed E-state index contributed by atoms with van der Waals surface area (Å²) in [6, 6.07) is 13.5. The van der Waals surface area contributed by atoms with Gasteiger partial charge in [0.25, 0.3) is 5.91 Å². The third-order valence-electron chi connectivity index (χ3n) is 5.82. The Hall–Kier alpha value is -2.13. The van der Waals surface area contributed by atoms with Crippen LogP contribution in [0.1, 0.15) is 67.5 Å². The molecular weight excluding hydrogens is 332 g/mol. The minimum atomic E-state index is 0.0791. The molecule has 0 aliphatic heterocycles. The second kappa shape index (κ2) is 9.18. The van der Waals surface area contributed by atoms with Crippen LogP contribution < -0.4 is 10.6 Å². The summed E-state index contributed by atoms with van der Waals surface area (Å²) in [4.78, 5) is 12.6. The van der Waals surface area contributed by atoms with Gasteiger partial charge >= 0.3 is 0 Å². The number of rotatable bonds is 7. The van der Waals surface area contributed by atoms with Crippen LogP contribution in [0.25, 0.3) is 0 Å². The highest BCUT2D eigenvalue weighted by Crippen LogP contribution is 2.24. The third-order valence-corrected chi connectivity index (χ3v) is 5.82. The van der Waals surface area contributed by atoms with E-state index in [0.29, 0.717) is 6.54 Å². The summed E-state index contributed by atoms with van der Waals surface area (Å²) in [5.41, 5.74) is 7.79. The van der Waals surface area contributed by atoms with Gasteiger partial charge in [-0.05, 0) is 73.8 Å². The Morgan fingerprint density at radius 2 is 1.70 bits per heavy atom. The molecule has 0 bridgehead atoms. The molecule has 27 heavy (non-hydrogen) atoms. The van der Waals surface area contributed by atoms with Crippen LogP contribution in [0.15, 0.2) is 36.4 Å². The van der Waals surface area contributed by atoms with Gasteiger partial charge in [-0.15, -0.1) is 0 Å². The van der Waals surface area contributed by atoms with E-state index in [1.165, 1.54) is 53.5 Å². The van der Waals surface area contributed by atoms with E-state index in [9.17, 15) is 4.79 Å². The average Bonchev–Trinajstić information content (AvgIpc) is 2.71. The van der Waals surface area contributed by atoms with Crippen molar-refractivity contribution < 1.29 is 10.1 Å². The summed E-state index contributed by atoms with van der Waals surface area (Å²) in [5.74, 6) is 0.0791. The zero-order valence-corrected chi connectivity index (χ0v) is 17.0. The van der Waals surface area contributed by atoms with Crippen molar-refractivity contribution in [1.82, 2.24) is 0 Å². The van der Waals surface area contributed by atoms with Gasteiger partial charge in [0.15, 0.2) is 6.54 Å². The number of para-hydroxylation sites is 1. The van der Waals surface area contributed by atoms with Crippen molar-refractivity contribution in [3.8, 4) is 0 Å². The van der Waals surface area contributed by atoms with E-state index in [2.05, 4.69) is 67.8 Å². The molecule has 0 unspecified atom stereocenters. The first-order chi connectivity index (χ1) is 13.1. The van der Waals surface area contributed by atoms with Crippen LogP contribution in [-0.2, 0) is 30.5 Å². The fourth-order valence-corrected chi connectivity index (χ4v) is 4.05. The standard InChI is InChI=1S/C24H32N2O/c1-4-18-11-8-12-19(5-2)24(18)26-23(27)16-25-17(3)21-14-13-20-9-6-7-10-22(20)15-21/h8,11-15,17,25H,4-7,9-10,16H2,1-3H3,(H,26,27)/p+1/t17-/m1/s1. The Morgan fingerprint density at radius 1 is 1.04 bits per heavy atom. The molecule has 0 aromatic heterocycles. The van der Waals surface area contributed by atoms with Gasteiger partial charge in [0.1, 0.15) is 6.04 Å². The highest BCUT2D eigenvalue weighted by atomic mass is 16.1. The normalized spacial score (nSPS) is 14.5. The van der Waals surface area contributed by atoms with Gasteiger partial charge in [-0.2, -0.15) is 0 Å². The average molecular weight is 366 g/mol. The highest BCUT2D eigenvalue weighted by Gasteiger charge is 2.16. The zero-order valence-electron chi connectivity index (χ0n) is 17.0. The van der Waals surface area contributed by atoms with Crippen molar-refractivity contribution in [3.05, 3.63) is 64.2 Å². The SMILES string of the molecule is CCc1cccc(CC)c1NC(=O)C[NH2+][C@H](C)c1ccc2c(c1)CCCC2. The Kier molecular flexibility index (Phi) is 6.68. The summed E-state index contributed by atoms with van der Waals surface area (Å²) in [6.07, 6.45) is 6.88. The maximum Gasteiger partial charge on any atom is 0.279 e. The van der Waals surface area contributed by atoms with E-state index >= 15 is 0 Å². The lowest BCUT2D eigenvalue weighted by molar-refractivity contribution is -0.682. The summed E-state index contributed by atoms with van der Waals surface area (Å²) in [6.45, 7) is 6.90. The van der Waals surface area contributed by atoms with Crippen LogP contribution in [0.2, 0.25) is 0 Å². The van der Waals surface area contributed by atoms with Gasteiger partial charge in [0.2, 0.25) is 0 Å². The van der Waals surface area contributed by atoms with E-state index in [0.717, 1.165) is 18.5 Å². The minimum Gasteiger partial charge on any atom is -0.333 e. The minimum absolute atomic E-state index is 0.0791. The number of fused-ring (bicyclic) bond motifs is 1. The smallest absolute Gasteiger partial charge is 0.279 e. The van der Waals surface area contributed by atoms with Crippen LogP contribution in [0.3, 0.4) is 0 Å². The van der Waals surface area contributed by atoms with Crippen LogP contribution >= 0.6 is 0 Å². The largest absolute Gasteiger partial charge is 0.333 e. The van der Waals surface area contributed by atoms with Crippen molar-refractivity contribution >= 4 is 11.6 Å². The number of amides is 1. The summed E-state index contributed by atoms with van der Waals surface area (Å²) in [5, 5.41) is 5.31. The van der Waals surface area contributed by atoms with Crippen LogP contribution in [-0.4, -0.2) is 12.5 Å². The maximum atomic E-state index is 12.6. The lowest BCUT2D eigenvalue weighted by Gasteiger charge is -2.19. The van der Waals surface area contributed by atoms with Gasteiger partial charge in [-0.3, -0.25) is 4.79 Å². The molecule has 3 N–H and O–H groups in total. The monoisotopic (exact) mass is 365 g/mol. The van der Waals surface area contributed by atoms with Crippen LogP contribution in [0.5, 0.6) is 0 Å². The van der Waals surface area contributed by atoms with E-state index in [1.807, 2.05) is 0 Å². The first-order valence-corrected chi connectivity index (χ1v) is 10.5. The number of carbonyl (C=O) groups is 1. The van der Waals surface area contributed by atoms with E-state index in [1.54, 1.807) is 0 Å². The van der Waals surface area contributed by atoms with Crippen LogP contribution in [0.4, 0.5) is 5.69 Å². The van der Waals surface area contributed by atoms with Gasteiger partial charge in [0, 0.05) is 11.3 Å². The molecule has 1 atom stereocenters. The Bertz CT molecular complexity index is 775. The lowest BCUT2D eigenvalue weighted by Crippen LogP contribution is -2.86. The molecule has 3 nitrogen and oxygen atoms in total. The molecule has 3 rings (SSSR count). The predicted molar refractivity (Wildman–Crippen MR) is 112 cm³/mol. The van der Waals surface area contributed by atoms with Crippen molar-refractivity contribution in [2.75, 3.05) is 11.9 Å². The number of carbonyl (C=O) groups excluding carboxylic acids is 1. The molecule has 0 fully saturated rings. The highest BCUT2D eigenvalue weighted by molar-refractivity contribution is 5.93. The van der Waals surface area contributed by atoms with Crippen molar-refractivity contribution in [1.29, 1.82) is 0 Å². The maximum absolute atomic E-state index is 12.6. The number of aryl methyl sites for hydroxylation is 4. The summed E-state index contributed by atoms with van der Waals surface area (Å²) in [7, 11) is 0. The van der Waals surface area contributed by atoms with Crippen molar-refractivity contribution in [2.45, 2.75) is 65.3 Å². The summed E-state index contributed by atoms with van der Waals surface area (Å²) < 4.78 is 0. The van der Waals surface area contributed by atoms with E-state index in [4.69, 9.17) is 0 Å². The number of nitrogens with two attached hydrogens (primary N) is 1. The molecule has 0 spiro atoms. The number of anilines is 1. The van der Waals surface area contributed by atoms with Crippen LogP contribution in [0, 0.1) is 0 Å². The first-order valence-electron chi connectivity index (χ1n) is 10.5. The lowest BCUT2D eigenvalue weighted by atomic mass is 9.89. The Balaban J connectivity index is 1.61. The predicted octanol–water partition coefficient (Wildman–Crippen LogP) is 3.95. The third kappa shape index (κ3) is 4.78. The molecule has 2 aromatic rings. The molecule has 1 aliphatic rings. The number of benzene rings is 2. The molecule has 2 aromatic carbocycles. The second-order valence-corrected chi connectivity index (χ2v) is 7.67. The van der Waals surface area contributed by atoms with Crippen molar-refractivity contribution in [3.63, 3.8) is 0 Å². The zero-order chi connectivity index (χ0) is 19.2. The molecule has 144 valence electrons. The number of quaternary nitrogens is 1. The molecule has 3 heteroatoms. The van der Waals surface area contributed by atoms with Gasteiger partial charge < -0.3 is 10.6 Å². The molecule has 1 amide bonds. The molecule has 0 radical (unpaired) electrons. The Labute approximate surface area is 163 Å². The quantitative estimate of drug-likeness (QED) is 0.767. The molecule has 1 aliphatic carbocycles. The van der Waals surface area contributed by atoms with Gasteiger partial charge in [0.05, 0.1) is 0 Å². The number of hydrogen-bond acceptors (Lipinski definition) is 1. The topological polar surface area (TPSA) is 45.7 Å². The molecule has 0 heterocycles. The van der Waals surface area contributed by atoms with E-state index < -0.39 is 0 Å². The van der Waals surface area contributed by atoms with Gasteiger partial charge in [-0.25, -0.2) is 0 Å². The molecule has 0 saturated heterocycles. The summed E-state index contributed by atoms with van der Waals surface area (Å²) >= 11 is 0. The van der Waals surface area contributed by atoms with Crippen molar-refractivity contribution in [2.24, 2.45) is 0 Å². The molecule has 0 saturated carbocycles. The molecular formula is C24H33N2O+. The fourth-order valence-electron chi connectivity index (χ4n) is 4.05. The van der Waals surface area contributed by atoms with Gasteiger partial charge in [-0.1, -0.05) is 44.2 Å².